The molecule has 6 heteroatoms. The van der Waals surface area contributed by atoms with E-state index in [0.717, 1.165) is 0 Å². The van der Waals surface area contributed by atoms with E-state index in [9.17, 15) is 14.7 Å². The van der Waals surface area contributed by atoms with Crippen molar-refractivity contribution < 1.29 is 14.7 Å². The smallest absolute Gasteiger partial charge is 0.337 e. The molecule has 96 valence electrons. The van der Waals surface area contributed by atoms with Gasteiger partial charge in [0.25, 0.3) is 0 Å². The number of carboxylic acid groups (broad SMARTS) is 1. The molecule has 1 saturated heterocycles. The van der Waals surface area contributed by atoms with Crippen LogP contribution in [0.2, 0.25) is 5.02 Å². The Balaban J connectivity index is 2.31. The van der Waals surface area contributed by atoms with Gasteiger partial charge in [-0.05, 0) is 18.2 Å². The van der Waals surface area contributed by atoms with Crippen molar-refractivity contribution in [1.29, 1.82) is 0 Å². The van der Waals surface area contributed by atoms with Gasteiger partial charge in [0.05, 0.1) is 11.3 Å². The molecule has 0 aliphatic carbocycles. The lowest BCUT2D eigenvalue weighted by Gasteiger charge is -2.23. The molecule has 1 fully saturated rings. The number of hydrogen-bond acceptors (Lipinski definition) is 3. The molecule has 1 amide bonds. The Morgan fingerprint density at radius 2 is 2.17 bits per heavy atom. The van der Waals surface area contributed by atoms with Crippen LogP contribution in [0.15, 0.2) is 18.2 Å². The highest BCUT2D eigenvalue weighted by Crippen LogP contribution is 2.25. The third-order valence-corrected chi connectivity index (χ3v) is 3.08. The molecular weight excluding hydrogens is 256 g/mol. The normalized spacial score (nSPS) is 16.1. The standard InChI is InChI=1S/C12H13ClN2O3/c13-8-1-2-10(9(7-8)12(17)18)15-5-3-11(16)14-4-6-15/h1-2,7H,3-6H2,(H,14,16)(H,17,18). The van der Waals surface area contributed by atoms with E-state index in [2.05, 4.69) is 5.32 Å². The lowest BCUT2D eigenvalue weighted by molar-refractivity contribution is -0.120. The average Bonchev–Trinajstić information content (AvgIpc) is 2.54. The van der Waals surface area contributed by atoms with Crippen LogP contribution in [-0.4, -0.2) is 36.6 Å². The second kappa shape index (κ2) is 5.27. The Hall–Kier alpha value is -1.75. The van der Waals surface area contributed by atoms with Gasteiger partial charge < -0.3 is 15.3 Å². The minimum Gasteiger partial charge on any atom is -0.478 e. The molecule has 0 spiro atoms. The van der Waals surface area contributed by atoms with Crippen molar-refractivity contribution in [2.75, 3.05) is 24.5 Å². The first-order valence-electron chi connectivity index (χ1n) is 5.62. The van der Waals surface area contributed by atoms with Gasteiger partial charge >= 0.3 is 5.97 Å². The summed E-state index contributed by atoms with van der Waals surface area (Å²) in [5, 5.41) is 12.3. The van der Waals surface area contributed by atoms with Crippen molar-refractivity contribution in [2.24, 2.45) is 0 Å². The highest BCUT2D eigenvalue weighted by atomic mass is 35.5. The largest absolute Gasteiger partial charge is 0.478 e. The van der Waals surface area contributed by atoms with Crippen molar-refractivity contribution >= 4 is 29.2 Å². The van der Waals surface area contributed by atoms with Gasteiger partial charge in [-0.15, -0.1) is 0 Å². The molecule has 0 unspecified atom stereocenters. The molecular formula is C12H13ClN2O3. The summed E-state index contributed by atoms with van der Waals surface area (Å²) >= 11 is 5.81. The van der Waals surface area contributed by atoms with Gasteiger partial charge in [-0.2, -0.15) is 0 Å². The molecule has 1 aliphatic rings. The Kier molecular flexibility index (Phi) is 3.72. The molecule has 0 saturated carbocycles. The molecule has 5 nitrogen and oxygen atoms in total. The molecule has 1 heterocycles. The number of carboxylic acids is 1. The van der Waals surface area contributed by atoms with Crippen LogP contribution in [0.4, 0.5) is 5.69 Å². The zero-order chi connectivity index (χ0) is 13.1. The topological polar surface area (TPSA) is 69.6 Å². The number of hydrogen-bond donors (Lipinski definition) is 2. The van der Waals surface area contributed by atoms with Crippen LogP contribution < -0.4 is 10.2 Å². The summed E-state index contributed by atoms with van der Waals surface area (Å²) in [6.07, 6.45) is 0.363. The molecule has 0 bridgehead atoms. The minimum atomic E-state index is -1.02. The molecule has 1 aromatic rings. The fraction of sp³-hybridized carbons (Fsp3) is 0.333. The van der Waals surface area contributed by atoms with Gasteiger partial charge in [-0.3, -0.25) is 4.79 Å². The number of halogens is 1. The zero-order valence-corrected chi connectivity index (χ0v) is 10.4. The van der Waals surface area contributed by atoms with Crippen LogP contribution in [0.1, 0.15) is 16.8 Å². The van der Waals surface area contributed by atoms with E-state index in [1.807, 2.05) is 4.90 Å². The fourth-order valence-corrected chi connectivity index (χ4v) is 2.14. The fourth-order valence-electron chi connectivity index (χ4n) is 1.96. The molecule has 0 aromatic heterocycles. The maximum Gasteiger partial charge on any atom is 0.337 e. The van der Waals surface area contributed by atoms with Crippen molar-refractivity contribution in [1.82, 2.24) is 5.32 Å². The van der Waals surface area contributed by atoms with E-state index < -0.39 is 5.97 Å². The van der Waals surface area contributed by atoms with Crippen LogP contribution >= 0.6 is 11.6 Å². The van der Waals surface area contributed by atoms with E-state index in [0.29, 0.717) is 36.8 Å². The van der Waals surface area contributed by atoms with Crippen LogP contribution in [-0.2, 0) is 4.79 Å². The minimum absolute atomic E-state index is 0.0108. The number of carbonyl (C=O) groups is 2. The second-order valence-corrected chi connectivity index (χ2v) is 4.49. The summed E-state index contributed by atoms with van der Waals surface area (Å²) in [4.78, 5) is 24.3. The molecule has 1 aliphatic heterocycles. The third kappa shape index (κ3) is 2.73. The van der Waals surface area contributed by atoms with Crippen LogP contribution in [0.3, 0.4) is 0 Å². The number of carbonyl (C=O) groups excluding carboxylic acids is 1. The molecule has 18 heavy (non-hydrogen) atoms. The quantitative estimate of drug-likeness (QED) is 0.850. The lowest BCUT2D eigenvalue weighted by Crippen LogP contribution is -2.29. The summed E-state index contributed by atoms with van der Waals surface area (Å²) in [6, 6.07) is 4.77. The van der Waals surface area contributed by atoms with Crippen molar-refractivity contribution in [2.45, 2.75) is 6.42 Å². The Labute approximate surface area is 109 Å². The number of nitrogens with zero attached hydrogens (tertiary/aromatic N) is 1. The van der Waals surface area contributed by atoms with Gasteiger partial charge in [0.1, 0.15) is 0 Å². The molecule has 0 atom stereocenters. The number of rotatable bonds is 2. The zero-order valence-electron chi connectivity index (χ0n) is 9.65. The number of aromatic carboxylic acids is 1. The van der Waals surface area contributed by atoms with Crippen molar-refractivity contribution in [3.63, 3.8) is 0 Å². The van der Waals surface area contributed by atoms with Gasteiger partial charge in [-0.1, -0.05) is 11.6 Å². The monoisotopic (exact) mass is 268 g/mol. The Bertz CT molecular complexity index is 490. The lowest BCUT2D eigenvalue weighted by atomic mass is 10.1. The first kappa shape index (κ1) is 12.7. The number of nitrogens with one attached hydrogen (secondary N) is 1. The number of benzene rings is 1. The van der Waals surface area contributed by atoms with Crippen molar-refractivity contribution in [3.05, 3.63) is 28.8 Å². The Morgan fingerprint density at radius 1 is 1.39 bits per heavy atom. The van der Waals surface area contributed by atoms with Gasteiger partial charge in [0.15, 0.2) is 0 Å². The van der Waals surface area contributed by atoms with Crippen LogP contribution in [0.25, 0.3) is 0 Å². The summed E-state index contributed by atoms with van der Waals surface area (Å²) in [5.41, 5.74) is 0.764. The van der Waals surface area contributed by atoms with Crippen molar-refractivity contribution in [3.8, 4) is 0 Å². The van der Waals surface area contributed by atoms with E-state index in [1.54, 1.807) is 12.1 Å². The van der Waals surface area contributed by atoms with Gasteiger partial charge in [-0.25, -0.2) is 4.79 Å². The number of amides is 1. The molecule has 1 aromatic carbocycles. The second-order valence-electron chi connectivity index (χ2n) is 4.05. The summed E-state index contributed by atoms with van der Waals surface area (Å²) in [6.45, 7) is 1.61. The van der Waals surface area contributed by atoms with E-state index in [-0.39, 0.29) is 11.5 Å². The highest BCUT2D eigenvalue weighted by molar-refractivity contribution is 6.31. The van der Waals surface area contributed by atoms with Gasteiger partial charge in [0.2, 0.25) is 5.91 Å². The summed E-state index contributed by atoms with van der Waals surface area (Å²) < 4.78 is 0. The molecule has 2 rings (SSSR count). The summed E-state index contributed by atoms with van der Waals surface area (Å²) in [5.74, 6) is -1.03. The van der Waals surface area contributed by atoms with E-state index in [1.165, 1.54) is 6.07 Å². The predicted octanol–water partition coefficient (Wildman–Crippen LogP) is 1.36. The average molecular weight is 269 g/mol. The first-order valence-corrected chi connectivity index (χ1v) is 6.00. The van der Waals surface area contributed by atoms with E-state index in [4.69, 9.17) is 11.6 Å². The van der Waals surface area contributed by atoms with Crippen LogP contribution in [0.5, 0.6) is 0 Å². The maximum atomic E-state index is 11.3. The molecule has 2 N–H and O–H groups in total. The third-order valence-electron chi connectivity index (χ3n) is 2.84. The van der Waals surface area contributed by atoms with Crippen LogP contribution in [0, 0.1) is 0 Å². The SMILES string of the molecule is O=C1CCN(c2ccc(Cl)cc2C(=O)O)CCN1. The van der Waals surface area contributed by atoms with Gasteiger partial charge in [0, 0.05) is 31.1 Å². The predicted molar refractivity (Wildman–Crippen MR) is 68.3 cm³/mol. The number of anilines is 1. The maximum absolute atomic E-state index is 11.3. The molecule has 0 radical (unpaired) electrons. The highest BCUT2D eigenvalue weighted by Gasteiger charge is 2.19. The first-order chi connectivity index (χ1) is 8.58. The van der Waals surface area contributed by atoms with E-state index >= 15 is 0 Å². The summed E-state index contributed by atoms with van der Waals surface area (Å²) in [7, 11) is 0. The Morgan fingerprint density at radius 3 is 2.89 bits per heavy atom.